The largest absolute Gasteiger partial charge is 0.401 e. The van der Waals surface area contributed by atoms with Crippen LogP contribution in [0.5, 0.6) is 0 Å². The van der Waals surface area contributed by atoms with Gasteiger partial charge < -0.3 is 21.0 Å². The highest BCUT2D eigenvalue weighted by atomic mass is 15.4. The minimum Gasteiger partial charge on any atom is -0.401 e. The topological polar surface area (TPSA) is 82.9 Å². The van der Waals surface area contributed by atoms with Gasteiger partial charge in [-0.3, -0.25) is 4.99 Å². The van der Waals surface area contributed by atoms with Gasteiger partial charge in [0.2, 0.25) is 0 Å². The molecule has 0 aromatic heterocycles. The molecule has 6 nitrogen and oxygen atoms in total. The molecule has 0 heterocycles. The van der Waals surface area contributed by atoms with Gasteiger partial charge in [0, 0.05) is 36.9 Å². The first-order valence-corrected chi connectivity index (χ1v) is 15.5. The van der Waals surface area contributed by atoms with E-state index in [1.165, 1.54) is 57.8 Å². The smallest absolute Gasteiger partial charge is 0.0562 e. The summed E-state index contributed by atoms with van der Waals surface area (Å²) in [5.41, 5.74) is 8.91. The molecule has 39 heavy (non-hydrogen) atoms. The summed E-state index contributed by atoms with van der Waals surface area (Å²) in [5.74, 6) is 9.87. The molecule has 222 valence electrons. The second-order valence-corrected chi connectivity index (χ2v) is 12.7. The maximum atomic E-state index is 6.10. The SMILES string of the molecule is C=CCN(N)/C=C(\N)CCC/C(=C/N(C)CC(=C)NC1CC[C@H](C)[C@H](C)[C@@H]1CC(C)CC1CCCCC1)N=C. The molecule has 2 rings (SSSR count). The fourth-order valence-corrected chi connectivity index (χ4v) is 6.86. The number of hydrazine groups is 1. The van der Waals surface area contributed by atoms with E-state index in [0.717, 1.165) is 66.6 Å². The Hall–Kier alpha value is -2.21. The minimum atomic E-state index is 0.518. The fourth-order valence-electron chi connectivity index (χ4n) is 6.86. The van der Waals surface area contributed by atoms with Crippen LogP contribution in [0.3, 0.4) is 0 Å². The third-order valence-corrected chi connectivity index (χ3v) is 9.13. The van der Waals surface area contributed by atoms with Gasteiger partial charge in [0.1, 0.15) is 0 Å². The van der Waals surface area contributed by atoms with Crippen LogP contribution in [0.15, 0.2) is 53.7 Å². The van der Waals surface area contributed by atoms with Gasteiger partial charge in [0.05, 0.1) is 18.8 Å². The first-order chi connectivity index (χ1) is 18.6. The number of hydrogen-bond acceptors (Lipinski definition) is 6. The third kappa shape index (κ3) is 12.2. The van der Waals surface area contributed by atoms with Crippen molar-refractivity contribution < 1.29 is 0 Å². The first kappa shape index (κ1) is 33.0. The molecule has 0 aromatic rings. The number of likely N-dealkylation sites (N-methyl/N-ethyl adjacent to an activating group) is 1. The Morgan fingerprint density at radius 2 is 1.79 bits per heavy atom. The highest BCUT2D eigenvalue weighted by molar-refractivity contribution is 5.28. The van der Waals surface area contributed by atoms with Gasteiger partial charge in [0.25, 0.3) is 0 Å². The van der Waals surface area contributed by atoms with Gasteiger partial charge in [-0.25, -0.2) is 5.84 Å². The number of allylic oxidation sites excluding steroid dienone is 2. The van der Waals surface area contributed by atoms with Crippen molar-refractivity contribution in [3.05, 3.63) is 48.7 Å². The molecular weight excluding hydrogens is 480 g/mol. The quantitative estimate of drug-likeness (QED) is 0.0805. The van der Waals surface area contributed by atoms with Crippen LogP contribution in [-0.4, -0.2) is 42.8 Å². The van der Waals surface area contributed by atoms with Gasteiger partial charge in [-0.15, -0.1) is 6.58 Å². The lowest BCUT2D eigenvalue weighted by Crippen LogP contribution is -2.45. The summed E-state index contributed by atoms with van der Waals surface area (Å²) in [6.07, 6.45) is 20.6. The average molecular weight is 541 g/mol. The molecule has 2 aliphatic rings. The van der Waals surface area contributed by atoms with Crippen molar-refractivity contribution in [1.82, 2.24) is 15.2 Å². The second-order valence-electron chi connectivity index (χ2n) is 12.7. The molecule has 0 saturated heterocycles. The number of rotatable bonds is 17. The predicted molar refractivity (Wildman–Crippen MR) is 170 cm³/mol. The monoisotopic (exact) mass is 540 g/mol. The maximum absolute atomic E-state index is 6.10. The Morgan fingerprint density at radius 3 is 2.46 bits per heavy atom. The van der Waals surface area contributed by atoms with E-state index in [-0.39, 0.29) is 0 Å². The number of nitrogens with two attached hydrogens (primary N) is 2. The van der Waals surface area contributed by atoms with Crippen molar-refractivity contribution >= 4 is 6.72 Å². The number of aliphatic imine (C=N–C) groups is 1. The van der Waals surface area contributed by atoms with E-state index in [4.69, 9.17) is 11.6 Å². The van der Waals surface area contributed by atoms with E-state index in [0.29, 0.717) is 18.5 Å². The van der Waals surface area contributed by atoms with Crippen molar-refractivity contribution in [3.8, 4) is 0 Å². The normalized spacial score (nSPS) is 25.6. The van der Waals surface area contributed by atoms with Crippen LogP contribution in [0.1, 0.15) is 97.8 Å². The highest BCUT2D eigenvalue weighted by Gasteiger charge is 2.36. The van der Waals surface area contributed by atoms with E-state index < -0.39 is 0 Å². The second kappa shape index (κ2) is 17.5. The number of nitrogens with one attached hydrogen (secondary N) is 1. The van der Waals surface area contributed by atoms with Crippen molar-refractivity contribution in [1.29, 1.82) is 0 Å². The van der Waals surface area contributed by atoms with Gasteiger partial charge >= 0.3 is 0 Å². The number of nitrogens with zero attached hydrogens (tertiary/aromatic N) is 3. The first-order valence-electron chi connectivity index (χ1n) is 15.5. The molecule has 2 unspecified atom stereocenters. The van der Waals surface area contributed by atoms with Gasteiger partial charge in [-0.05, 0) is 81.3 Å². The molecule has 0 radical (unpaired) electrons. The van der Waals surface area contributed by atoms with Crippen LogP contribution < -0.4 is 16.9 Å². The summed E-state index contributed by atoms with van der Waals surface area (Å²) in [4.78, 5) is 6.43. The Kier molecular flexibility index (Phi) is 14.8. The lowest BCUT2D eigenvalue weighted by atomic mass is 9.67. The number of hydrogen-bond donors (Lipinski definition) is 3. The molecule has 0 amide bonds. The Bertz CT molecular complexity index is 811. The Morgan fingerprint density at radius 1 is 1.08 bits per heavy atom. The van der Waals surface area contributed by atoms with Gasteiger partial charge in [0.15, 0.2) is 0 Å². The molecule has 0 aromatic carbocycles. The molecule has 0 aliphatic heterocycles. The molecular formula is C33H60N6. The summed E-state index contributed by atoms with van der Waals surface area (Å²) in [6.45, 7) is 20.7. The zero-order valence-corrected chi connectivity index (χ0v) is 25.7. The van der Waals surface area contributed by atoms with E-state index in [2.05, 4.69) is 69.1 Å². The van der Waals surface area contributed by atoms with Gasteiger partial charge in [-0.2, -0.15) is 0 Å². The molecule has 6 heteroatoms. The standard InChI is InChI=1S/C33H60N6/c1-8-19-39(35)23-30(34)15-12-16-31(36-6)24-38(7)22-27(4)37-33-18-17-26(3)28(5)32(33)21-25(2)20-29-13-10-9-11-14-29/h8,23-26,28-29,32-33,37H,1,4,6,9-22,34-35H2,2-3,5,7H3/b30-23-,31-24-/t25?,26-,28-,32-,33?/m0/s1. The van der Waals surface area contributed by atoms with Crippen LogP contribution in [-0.2, 0) is 0 Å². The van der Waals surface area contributed by atoms with Crippen molar-refractivity contribution in [3.63, 3.8) is 0 Å². The molecule has 5 atom stereocenters. The van der Waals surface area contributed by atoms with Crippen LogP contribution in [0.25, 0.3) is 0 Å². The van der Waals surface area contributed by atoms with Crippen molar-refractivity contribution in [2.45, 2.75) is 104 Å². The maximum Gasteiger partial charge on any atom is 0.0562 e. The minimum absolute atomic E-state index is 0.518. The van der Waals surface area contributed by atoms with E-state index in [9.17, 15) is 0 Å². The summed E-state index contributed by atoms with van der Waals surface area (Å²) in [6, 6.07) is 0.518. The summed E-state index contributed by atoms with van der Waals surface area (Å²) >= 11 is 0. The van der Waals surface area contributed by atoms with Crippen LogP contribution >= 0.6 is 0 Å². The average Bonchev–Trinajstić information content (AvgIpc) is 2.88. The third-order valence-electron chi connectivity index (χ3n) is 9.13. The highest BCUT2D eigenvalue weighted by Crippen LogP contribution is 2.40. The Balaban J connectivity index is 1.87. The molecule has 2 saturated carbocycles. The zero-order valence-electron chi connectivity index (χ0n) is 25.7. The van der Waals surface area contributed by atoms with E-state index >= 15 is 0 Å². The van der Waals surface area contributed by atoms with Crippen molar-refractivity contribution in [2.75, 3.05) is 20.1 Å². The van der Waals surface area contributed by atoms with Gasteiger partial charge in [-0.1, -0.05) is 65.5 Å². The van der Waals surface area contributed by atoms with Crippen LogP contribution in [0.4, 0.5) is 0 Å². The van der Waals surface area contributed by atoms with Crippen molar-refractivity contribution in [2.24, 2.45) is 46.2 Å². The van der Waals surface area contributed by atoms with E-state index in [1.807, 2.05) is 0 Å². The lowest BCUT2D eigenvalue weighted by Gasteiger charge is -2.43. The molecule has 2 aliphatic carbocycles. The van der Waals surface area contributed by atoms with Crippen LogP contribution in [0.2, 0.25) is 0 Å². The molecule has 5 N–H and O–H groups in total. The summed E-state index contributed by atoms with van der Waals surface area (Å²) in [5, 5.41) is 5.43. The molecule has 0 spiro atoms. The summed E-state index contributed by atoms with van der Waals surface area (Å²) < 4.78 is 0. The zero-order chi connectivity index (χ0) is 28.8. The predicted octanol–water partition coefficient (Wildman–Crippen LogP) is 6.94. The fraction of sp³-hybridized carbons (Fsp3) is 0.727. The Labute approximate surface area is 240 Å². The van der Waals surface area contributed by atoms with Crippen LogP contribution in [0, 0.1) is 29.6 Å². The molecule has 0 bridgehead atoms. The van der Waals surface area contributed by atoms with E-state index in [1.54, 1.807) is 17.3 Å². The lowest BCUT2D eigenvalue weighted by molar-refractivity contribution is 0.110. The molecule has 2 fully saturated rings. The summed E-state index contributed by atoms with van der Waals surface area (Å²) in [7, 11) is 2.09.